The number of carbonyl (C=O) groups excluding carboxylic acids is 1. The van der Waals surface area contributed by atoms with Gasteiger partial charge in [-0.25, -0.2) is 4.98 Å². The lowest BCUT2D eigenvalue weighted by Gasteiger charge is -2.16. The van der Waals surface area contributed by atoms with Crippen LogP contribution in [0, 0.1) is 6.92 Å². The standard InChI is InChI=1S/C23H29N5OS2/c1-16-7-5-8-17(13-16)22-25-18(15-31-22)14-21(29)24-12-6-11-20-26-27-23(30-2)28(20)19-9-3-4-10-19/h5,7-8,13,15,19H,3-4,6,9-12,14H2,1-2H3,(H,24,29). The van der Waals surface area contributed by atoms with E-state index < -0.39 is 0 Å². The zero-order valence-corrected chi connectivity index (χ0v) is 19.8. The molecule has 1 aliphatic carbocycles. The molecule has 1 aromatic carbocycles. The number of thiazole rings is 1. The zero-order chi connectivity index (χ0) is 21.6. The molecule has 1 aliphatic rings. The second-order valence-corrected chi connectivity index (χ2v) is 9.69. The molecule has 2 aromatic heterocycles. The Balaban J connectivity index is 1.26. The van der Waals surface area contributed by atoms with Crippen LogP contribution in [0.15, 0.2) is 34.8 Å². The second-order valence-electron chi connectivity index (χ2n) is 8.05. The predicted molar refractivity (Wildman–Crippen MR) is 127 cm³/mol. The first kappa shape index (κ1) is 22.0. The van der Waals surface area contributed by atoms with Gasteiger partial charge in [0.2, 0.25) is 5.91 Å². The van der Waals surface area contributed by atoms with Gasteiger partial charge in [-0.2, -0.15) is 0 Å². The van der Waals surface area contributed by atoms with Crippen molar-refractivity contribution in [2.75, 3.05) is 12.8 Å². The van der Waals surface area contributed by atoms with E-state index in [4.69, 9.17) is 0 Å². The van der Waals surface area contributed by atoms with Crippen LogP contribution in [-0.2, 0) is 17.6 Å². The summed E-state index contributed by atoms with van der Waals surface area (Å²) in [7, 11) is 0. The quantitative estimate of drug-likeness (QED) is 0.369. The lowest BCUT2D eigenvalue weighted by molar-refractivity contribution is -0.120. The maximum atomic E-state index is 12.4. The Morgan fingerprint density at radius 3 is 2.90 bits per heavy atom. The van der Waals surface area contributed by atoms with Crippen molar-refractivity contribution in [2.45, 2.75) is 63.1 Å². The molecular formula is C23H29N5OS2. The fraction of sp³-hybridized carbons (Fsp3) is 0.478. The first-order valence-corrected chi connectivity index (χ1v) is 13.0. The normalized spacial score (nSPS) is 14.3. The highest BCUT2D eigenvalue weighted by Gasteiger charge is 2.23. The van der Waals surface area contributed by atoms with Crippen molar-refractivity contribution in [3.05, 3.63) is 46.7 Å². The van der Waals surface area contributed by atoms with E-state index in [9.17, 15) is 4.79 Å². The molecule has 1 saturated carbocycles. The molecule has 1 amide bonds. The Kier molecular flexibility index (Phi) is 7.40. The minimum Gasteiger partial charge on any atom is -0.356 e. The summed E-state index contributed by atoms with van der Waals surface area (Å²) in [6.07, 6.45) is 9.07. The van der Waals surface area contributed by atoms with Crippen LogP contribution in [0.2, 0.25) is 0 Å². The van der Waals surface area contributed by atoms with E-state index in [-0.39, 0.29) is 5.91 Å². The molecule has 8 heteroatoms. The van der Waals surface area contributed by atoms with E-state index >= 15 is 0 Å². The molecule has 6 nitrogen and oxygen atoms in total. The number of hydrogen-bond acceptors (Lipinski definition) is 6. The topological polar surface area (TPSA) is 72.7 Å². The Hall–Kier alpha value is -2.19. The van der Waals surface area contributed by atoms with Crippen LogP contribution in [0.4, 0.5) is 0 Å². The first-order chi connectivity index (χ1) is 15.1. The molecule has 1 N–H and O–H groups in total. The smallest absolute Gasteiger partial charge is 0.226 e. The maximum Gasteiger partial charge on any atom is 0.226 e. The molecule has 0 bridgehead atoms. The summed E-state index contributed by atoms with van der Waals surface area (Å²) < 4.78 is 2.33. The van der Waals surface area contributed by atoms with E-state index in [1.807, 2.05) is 11.4 Å². The number of nitrogens with zero attached hydrogens (tertiary/aromatic N) is 4. The van der Waals surface area contributed by atoms with Crippen molar-refractivity contribution in [2.24, 2.45) is 0 Å². The maximum absolute atomic E-state index is 12.4. The Morgan fingerprint density at radius 1 is 1.29 bits per heavy atom. The third-order valence-corrected chi connectivity index (χ3v) is 7.25. The van der Waals surface area contributed by atoms with Crippen LogP contribution in [0.5, 0.6) is 0 Å². The van der Waals surface area contributed by atoms with Gasteiger partial charge in [0.1, 0.15) is 10.8 Å². The van der Waals surface area contributed by atoms with Gasteiger partial charge in [0, 0.05) is 30.0 Å². The van der Waals surface area contributed by atoms with Crippen LogP contribution in [0.25, 0.3) is 10.6 Å². The molecule has 0 aliphatic heterocycles. The molecule has 0 radical (unpaired) electrons. The van der Waals surface area contributed by atoms with Crippen molar-refractivity contribution in [1.82, 2.24) is 25.1 Å². The van der Waals surface area contributed by atoms with Gasteiger partial charge in [-0.3, -0.25) is 4.79 Å². The van der Waals surface area contributed by atoms with E-state index in [1.165, 1.54) is 31.2 Å². The van der Waals surface area contributed by atoms with Crippen LogP contribution in [0.1, 0.15) is 55.2 Å². The number of thioether (sulfide) groups is 1. The SMILES string of the molecule is CSc1nnc(CCCNC(=O)Cc2csc(-c3cccc(C)c3)n2)n1C1CCCC1. The van der Waals surface area contributed by atoms with Gasteiger partial charge >= 0.3 is 0 Å². The Morgan fingerprint density at radius 2 is 2.13 bits per heavy atom. The molecule has 1 fully saturated rings. The van der Waals surface area contributed by atoms with Crippen molar-refractivity contribution in [3.63, 3.8) is 0 Å². The van der Waals surface area contributed by atoms with Crippen LogP contribution < -0.4 is 5.32 Å². The van der Waals surface area contributed by atoms with Gasteiger partial charge < -0.3 is 9.88 Å². The average Bonchev–Trinajstić information content (AvgIpc) is 3.51. The van der Waals surface area contributed by atoms with E-state index in [0.29, 0.717) is 19.0 Å². The average molecular weight is 456 g/mol. The number of hydrogen-bond donors (Lipinski definition) is 1. The van der Waals surface area contributed by atoms with E-state index in [2.05, 4.69) is 56.4 Å². The number of benzene rings is 1. The summed E-state index contributed by atoms with van der Waals surface area (Å²) >= 11 is 3.25. The van der Waals surface area contributed by atoms with Crippen molar-refractivity contribution >= 4 is 29.0 Å². The van der Waals surface area contributed by atoms with Crippen LogP contribution in [-0.4, -0.2) is 38.5 Å². The first-order valence-electron chi connectivity index (χ1n) is 10.9. The van der Waals surface area contributed by atoms with Crippen LogP contribution >= 0.6 is 23.1 Å². The predicted octanol–water partition coefficient (Wildman–Crippen LogP) is 4.84. The summed E-state index contributed by atoms with van der Waals surface area (Å²) in [6.45, 7) is 2.71. The number of rotatable bonds is 9. The number of nitrogens with one attached hydrogen (secondary N) is 1. The van der Waals surface area contributed by atoms with Gasteiger partial charge in [-0.05, 0) is 38.5 Å². The molecule has 0 spiro atoms. The summed E-state index contributed by atoms with van der Waals surface area (Å²) in [5.41, 5.74) is 3.14. The molecule has 0 unspecified atom stereocenters. The number of aryl methyl sites for hydroxylation is 2. The van der Waals surface area contributed by atoms with Gasteiger partial charge in [0.05, 0.1) is 12.1 Å². The fourth-order valence-corrected chi connectivity index (χ4v) is 5.54. The summed E-state index contributed by atoms with van der Waals surface area (Å²) in [5, 5.41) is 15.8. The van der Waals surface area contributed by atoms with Gasteiger partial charge in [0.15, 0.2) is 5.16 Å². The largest absolute Gasteiger partial charge is 0.356 e. The Labute approximate surface area is 191 Å². The molecule has 31 heavy (non-hydrogen) atoms. The summed E-state index contributed by atoms with van der Waals surface area (Å²) in [4.78, 5) is 17.0. The zero-order valence-electron chi connectivity index (χ0n) is 18.1. The summed E-state index contributed by atoms with van der Waals surface area (Å²) in [6, 6.07) is 8.82. The minimum atomic E-state index is 0.0168. The fourth-order valence-electron chi connectivity index (χ4n) is 4.15. The molecule has 2 heterocycles. The van der Waals surface area contributed by atoms with E-state index in [0.717, 1.165) is 40.1 Å². The van der Waals surface area contributed by atoms with E-state index in [1.54, 1.807) is 23.1 Å². The molecule has 0 atom stereocenters. The van der Waals surface area contributed by atoms with Crippen LogP contribution in [0.3, 0.4) is 0 Å². The number of amides is 1. The second kappa shape index (κ2) is 10.4. The number of carbonyl (C=O) groups is 1. The highest BCUT2D eigenvalue weighted by molar-refractivity contribution is 7.98. The van der Waals surface area contributed by atoms with Crippen molar-refractivity contribution in [3.8, 4) is 10.6 Å². The third-order valence-electron chi connectivity index (χ3n) is 5.67. The molecule has 3 aromatic rings. The van der Waals surface area contributed by atoms with Crippen molar-refractivity contribution in [1.29, 1.82) is 0 Å². The lowest BCUT2D eigenvalue weighted by atomic mass is 10.1. The van der Waals surface area contributed by atoms with Crippen molar-refractivity contribution < 1.29 is 4.79 Å². The van der Waals surface area contributed by atoms with Gasteiger partial charge in [-0.15, -0.1) is 21.5 Å². The van der Waals surface area contributed by atoms with Gasteiger partial charge in [0.25, 0.3) is 0 Å². The molecule has 0 saturated heterocycles. The number of aromatic nitrogens is 4. The highest BCUT2D eigenvalue weighted by Crippen LogP contribution is 2.33. The highest BCUT2D eigenvalue weighted by atomic mass is 32.2. The molecule has 164 valence electrons. The van der Waals surface area contributed by atoms with Gasteiger partial charge in [-0.1, -0.05) is 48.4 Å². The Bertz CT molecular complexity index is 1020. The summed E-state index contributed by atoms with van der Waals surface area (Å²) in [5.74, 6) is 1.07. The minimum absolute atomic E-state index is 0.0168. The molecular weight excluding hydrogens is 426 g/mol. The molecule has 4 rings (SSSR count). The monoisotopic (exact) mass is 455 g/mol. The lowest BCUT2D eigenvalue weighted by Crippen LogP contribution is -2.26. The third kappa shape index (κ3) is 5.54.